The molecule has 0 bridgehead atoms. The Balaban J connectivity index is 1.72. The first-order chi connectivity index (χ1) is 18.1. The Bertz CT molecular complexity index is 1140. The number of hydrogen-bond donors (Lipinski definition) is 0. The van der Waals surface area contributed by atoms with Gasteiger partial charge in [0, 0.05) is 0 Å². The van der Waals surface area contributed by atoms with Crippen LogP contribution >= 0.6 is 6.85 Å². The van der Waals surface area contributed by atoms with Crippen LogP contribution in [0.4, 0.5) is 0 Å². The molecule has 218 valence electrons. The molecule has 1 aromatic heterocycles. The van der Waals surface area contributed by atoms with Gasteiger partial charge in [-0.3, -0.25) is 4.18 Å². The summed E-state index contributed by atoms with van der Waals surface area (Å²) in [6, 6.07) is 0. The average molecular weight is 619 g/mol. The summed E-state index contributed by atoms with van der Waals surface area (Å²) in [6.45, 7) is 18.1. The molecule has 0 aliphatic carbocycles. The summed E-state index contributed by atoms with van der Waals surface area (Å²) in [6.07, 6.45) is 6.61. The molecular formula is C25H42BNO8PS2Si+. The standard InChI is InChI=1S/C25H42BNO8PS2Si/c1-17-10-18(8-9-31-26-36-37)33-19(11-17)12-20-13-21(35-39(6,7)25(2,3)4)14-23(34-20)22-15-30-24(27-22)16-32-38(5,28)29/h15,18-21,23H,1,8-14,16H2,2-7H3/q+1/t18-,19+,20+,21+,23+/m0/s1. The zero-order valence-electron chi connectivity index (χ0n) is 23.9. The van der Waals surface area contributed by atoms with E-state index in [1.54, 1.807) is 6.82 Å². The van der Waals surface area contributed by atoms with Gasteiger partial charge in [0.15, 0.2) is 0 Å². The van der Waals surface area contributed by atoms with Crippen LogP contribution in [0.25, 0.3) is 0 Å². The molecule has 0 saturated carbocycles. The number of oxazole rings is 1. The average Bonchev–Trinajstić information content (AvgIpc) is 3.28. The quantitative estimate of drug-likeness (QED) is 0.0966. The molecular weight excluding hydrogens is 576 g/mol. The van der Waals surface area contributed by atoms with Gasteiger partial charge in [0.2, 0.25) is 5.89 Å². The van der Waals surface area contributed by atoms with Gasteiger partial charge in [0.25, 0.3) is 10.1 Å². The number of nitrogens with zero attached hydrogens (tertiary/aromatic N) is 1. The fourth-order valence-electron chi connectivity index (χ4n) is 4.68. The van der Waals surface area contributed by atoms with E-state index in [9.17, 15) is 8.42 Å². The Morgan fingerprint density at radius 2 is 1.92 bits per heavy atom. The summed E-state index contributed by atoms with van der Waals surface area (Å²) < 4.78 is 58.4. The van der Waals surface area contributed by atoms with Crippen molar-refractivity contribution in [3.8, 4) is 0 Å². The zero-order chi connectivity index (χ0) is 28.8. The first kappa shape index (κ1) is 33.1. The molecule has 3 rings (SSSR count). The van der Waals surface area contributed by atoms with Crippen molar-refractivity contribution in [2.75, 3.05) is 12.9 Å². The molecule has 0 spiro atoms. The van der Waals surface area contributed by atoms with Crippen molar-refractivity contribution in [3.05, 3.63) is 30.0 Å². The second-order valence-electron chi connectivity index (χ2n) is 12.0. The summed E-state index contributed by atoms with van der Waals surface area (Å²) in [5.41, 5.74) is 1.78. The molecule has 1 aromatic rings. The molecule has 0 amide bonds. The first-order valence-corrected chi connectivity index (χ1v) is 20.0. The Morgan fingerprint density at radius 1 is 1.21 bits per heavy atom. The fraction of sp³-hybridized carbons (Fsp3) is 0.800. The van der Waals surface area contributed by atoms with E-state index < -0.39 is 18.4 Å². The molecule has 2 saturated heterocycles. The third-order valence-corrected chi connectivity index (χ3v) is 13.1. The topological polar surface area (TPSA) is 106 Å². The molecule has 2 fully saturated rings. The molecule has 3 heterocycles. The fourth-order valence-corrected chi connectivity index (χ4v) is 6.72. The van der Waals surface area contributed by atoms with Crippen LogP contribution in [0.2, 0.25) is 18.1 Å². The monoisotopic (exact) mass is 618 g/mol. The first-order valence-electron chi connectivity index (χ1n) is 13.3. The van der Waals surface area contributed by atoms with E-state index in [1.807, 2.05) is 0 Å². The van der Waals surface area contributed by atoms with Gasteiger partial charge in [0.1, 0.15) is 6.61 Å². The van der Waals surface area contributed by atoms with E-state index in [0.29, 0.717) is 32.0 Å². The predicted molar refractivity (Wildman–Crippen MR) is 157 cm³/mol. The van der Waals surface area contributed by atoms with Gasteiger partial charge in [0.05, 0.1) is 6.26 Å². The molecule has 5 atom stereocenters. The van der Waals surface area contributed by atoms with Crippen LogP contribution in [0.5, 0.6) is 0 Å². The van der Waals surface area contributed by atoms with E-state index in [4.69, 9.17) is 39.0 Å². The molecule has 14 heteroatoms. The second kappa shape index (κ2) is 14.2. The van der Waals surface area contributed by atoms with E-state index in [0.717, 1.165) is 31.9 Å². The molecule has 39 heavy (non-hydrogen) atoms. The van der Waals surface area contributed by atoms with E-state index in [2.05, 4.69) is 45.4 Å². The number of rotatable bonds is 12. The van der Waals surface area contributed by atoms with Gasteiger partial charge in [-0.25, -0.2) is 0 Å². The van der Waals surface area contributed by atoms with Crippen LogP contribution in [0, 0.1) is 0 Å². The zero-order valence-corrected chi connectivity index (χ0v) is 27.4. The molecule has 0 N–H and O–H groups in total. The summed E-state index contributed by atoms with van der Waals surface area (Å²) in [7, 11) is -5.64. The Morgan fingerprint density at radius 3 is 2.59 bits per heavy atom. The molecule has 0 unspecified atom stereocenters. The molecule has 2 aliphatic rings. The number of ether oxygens (including phenoxy) is 2. The SMILES string of the molecule is C=C1C[C@H](C[C@@H]2C[C@@H](O[Si](C)(C)C(C)(C)C)C[C@H](c3coc(COS(C)(=O)=O)n3)O2)O[C@@H](CCOB=[P+]=S)C1. The summed E-state index contributed by atoms with van der Waals surface area (Å²) >= 11 is 4.87. The molecule has 0 aromatic carbocycles. The van der Waals surface area contributed by atoms with Crippen LogP contribution in [-0.4, -0.2) is 65.8 Å². The second-order valence-corrected chi connectivity index (χ2v) is 19.4. The van der Waals surface area contributed by atoms with Crippen LogP contribution in [0.1, 0.15) is 77.0 Å². The normalized spacial score (nSPS) is 26.8. The van der Waals surface area contributed by atoms with Crippen molar-refractivity contribution in [1.29, 1.82) is 0 Å². The molecule has 2 aliphatic heterocycles. The van der Waals surface area contributed by atoms with Crippen LogP contribution in [0.15, 0.2) is 22.8 Å². The Kier molecular flexibility index (Phi) is 12.1. The van der Waals surface area contributed by atoms with Gasteiger partial charge in [-0.15, -0.1) is 0 Å². The summed E-state index contributed by atoms with van der Waals surface area (Å²) in [5.74, 6) is 0.188. The summed E-state index contributed by atoms with van der Waals surface area (Å²) in [4.78, 5) is 4.48. The predicted octanol–water partition coefficient (Wildman–Crippen LogP) is 5.60. The Labute approximate surface area is 241 Å². The summed E-state index contributed by atoms with van der Waals surface area (Å²) in [5, 5.41) is 0.0714. The van der Waals surface area contributed by atoms with Crippen molar-refractivity contribution >= 4 is 43.9 Å². The molecule has 9 nitrogen and oxygen atoms in total. The van der Waals surface area contributed by atoms with Crippen molar-refractivity contribution in [3.63, 3.8) is 0 Å². The van der Waals surface area contributed by atoms with Crippen molar-refractivity contribution in [1.82, 2.24) is 4.98 Å². The van der Waals surface area contributed by atoms with Crippen molar-refractivity contribution < 1.29 is 35.6 Å². The van der Waals surface area contributed by atoms with Crippen LogP contribution in [0.3, 0.4) is 0 Å². The van der Waals surface area contributed by atoms with Crippen molar-refractivity contribution in [2.24, 2.45) is 0 Å². The third kappa shape index (κ3) is 10.8. The maximum atomic E-state index is 11.4. The van der Waals surface area contributed by atoms with Crippen LogP contribution < -0.4 is 0 Å². The van der Waals surface area contributed by atoms with Gasteiger partial charge < -0.3 is 4.42 Å². The number of aromatic nitrogens is 1. The van der Waals surface area contributed by atoms with E-state index >= 15 is 0 Å². The van der Waals surface area contributed by atoms with Crippen LogP contribution in [-0.2, 0) is 51.3 Å². The van der Waals surface area contributed by atoms with E-state index in [-0.39, 0.29) is 48.1 Å². The van der Waals surface area contributed by atoms with Gasteiger partial charge in [-0.2, -0.15) is 8.42 Å². The van der Waals surface area contributed by atoms with Crippen molar-refractivity contribution in [2.45, 2.75) is 115 Å². The van der Waals surface area contributed by atoms with Gasteiger partial charge in [-0.1, -0.05) is 20.8 Å². The third-order valence-electron chi connectivity index (χ3n) is 7.54. The Hall–Kier alpha value is -0.368. The minimum absolute atomic E-state index is 0.00820. The molecule has 0 radical (unpaired) electrons. The van der Waals surface area contributed by atoms with Gasteiger partial charge >= 0.3 is 157 Å². The minimum atomic E-state index is -3.61. The van der Waals surface area contributed by atoms with E-state index in [1.165, 1.54) is 11.8 Å². The number of hydrogen-bond acceptors (Lipinski definition) is 10. The van der Waals surface area contributed by atoms with Gasteiger partial charge in [-0.05, 0) is 18.1 Å². The maximum absolute atomic E-state index is 11.4.